The lowest BCUT2D eigenvalue weighted by atomic mass is 10.1. The lowest BCUT2D eigenvalue weighted by Gasteiger charge is -2.17. The number of benzene rings is 1. The molecular formula is C13H13Cl2N3OS. The van der Waals surface area contributed by atoms with Crippen molar-refractivity contribution in [2.75, 3.05) is 11.5 Å². The molecule has 1 fully saturated rings. The van der Waals surface area contributed by atoms with Crippen molar-refractivity contribution in [2.24, 2.45) is 0 Å². The van der Waals surface area contributed by atoms with Crippen molar-refractivity contribution in [3.8, 4) is 11.5 Å². The highest BCUT2D eigenvalue weighted by Gasteiger charge is 2.24. The Morgan fingerprint density at radius 1 is 1.25 bits per heavy atom. The van der Waals surface area contributed by atoms with Crippen molar-refractivity contribution in [1.29, 1.82) is 0 Å². The molecule has 1 aromatic carbocycles. The van der Waals surface area contributed by atoms with Crippen LogP contribution in [0.15, 0.2) is 16.7 Å². The minimum absolute atomic E-state index is 0.292. The quantitative estimate of drug-likeness (QED) is 0.816. The second kappa shape index (κ2) is 5.84. The molecule has 3 rings (SSSR count). The summed E-state index contributed by atoms with van der Waals surface area (Å²) < 4.78 is 5.32. The van der Waals surface area contributed by atoms with Crippen molar-refractivity contribution >= 4 is 40.7 Å². The van der Waals surface area contributed by atoms with Crippen molar-refractivity contribution in [3.05, 3.63) is 28.0 Å². The van der Waals surface area contributed by atoms with Crippen molar-refractivity contribution in [3.63, 3.8) is 0 Å². The molecule has 20 heavy (non-hydrogen) atoms. The topological polar surface area (TPSA) is 64.9 Å². The summed E-state index contributed by atoms with van der Waals surface area (Å²) in [7, 11) is 0. The number of nitrogen functional groups attached to an aromatic ring is 1. The highest BCUT2D eigenvalue weighted by atomic mass is 35.5. The molecule has 0 amide bonds. The molecule has 2 N–H and O–H groups in total. The molecule has 2 aromatic rings. The molecule has 0 bridgehead atoms. The van der Waals surface area contributed by atoms with Gasteiger partial charge < -0.3 is 10.3 Å². The van der Waals surface area contributed by atoms with Crippen LogP contribution in [-0.4, -0.2) is 15.9 Å². The van der Waals surface area contributed by atoms with E-state index in [0.717, 1.165) is 12.2 Å². The van der Waals surface area contributed by atoms with Crippen LogP contribution in [0.2, 0.25) is 10.0 Å². The van der Waals surface area contributed by atoms with E-state index in [1.54, 1.807) is 12.1 Å². The molecule has 1 aliphatic heterocycles. The smallest absolute Gasteiger partial charge is 0.261 e. The van der Waals surface area contributed by atoms with E-state index < -0.39 is 0 Å². The SMILES string of the molecule is Nc1c(Cl)ccc(Cl)c1-c1nc(C2CCCCS2)no1. The van der Waals surface area contributed by atoms with Crippen molar-refractivity contribution < 1.29 is 4.52 Å². The fourth-order valence-electron chi connectivity index (χ4n) is 2.20. The predicted octanol–water partition coefficient (Wildman–Crippen LogP) is 4.58. The lowest BCUT2D eigenvalue weighted by molar-refractivity contribution is 0.420. The second-order valence-electron chi connectivity index (χ2n) is 4.63. The Balaban J connectivity index is 1.96. The van der Waals surface area contributed by atoms with Crippen LogP contribution in [0.1, 0.15) is 30.3 Å². The van der Waals surface area contributed by atoms with Gasteiger partial charge in [0.1, 0.15) is 0 Å². The first-order valence-corrected chi connectivity index (χ1v) is 8.16. The molecule has 1 atom stereocenters. The molecule has 1 unspecified atom stereocenters. The van der Waals surface area contributed by atoms with Gasteiger partial charge in [-0.2, -0.15) is 16.7 Å². The molecule has 1 aromatic heterocycles. The third-order valence-electron chi connectivity index (χ3n) is 3.26. The first-order valence-electron chi connectivity index (χ1n) is 6.36. The zero-order valence-electron chi connectivity index (χ0n) is 10.6. The summed E-state index contributed by atoms with van der Waals surface area (Å²) >= 11 is 14.0. The number of nitrogens with zero attached hydrogens (tertiary/aromatic N) is 2. The van der Waals surface area contributed by atoms with Crippen molar-refractivity contribution in [1.82, 2.24) is 10.1 Å². The molecule has 1 saturated heterocycles. The third kappa shape index (κ3) is 2.62. The van der Waals surface area contributed by atoms with Crippen LogP contribution >= 0.6 is 35.0 Å². The summed E-state index contributed by atoms with van der Waals surface area (Å²) in [6, 6.07) is 3.33. The number of hydrogen-bond donors (Lipinski definition) is 1. The molecular weight excluding hydrogens is 317 g/mol. The molecule has 0 radical (unpaired) electrons. The van der Waals surface area contributed by atoms with Crippen LogP contribution in [0.5, 0.6) is 0 Å². The molecule has 1 aliphatic rings. The Hall–Kier alpha value is -0.910. The van der Waals surface area contributed by atoms with E-state index in [0.29, 0.717) is 38.3 Å². The number of aromatic nitrogens is 2. The maximum Gasteiger partial charge on any atom is 0.261 e. The Labute approximate surface area is 131 Å². The van der Waals surface area contributed by atoms with Gasteiger partial charge in [0.25, 0.3) is 5.89 Å². The fraction of sp³-hybridized carbons (Fsp3) is 0.385. The van der Waals surface area contributed by atoms with Gasteiger partial charge in [0.2, 0.25) is 0 Å². The van der Waals surface area contributed by atoms with Crippen LogP contribution in [0, 0.1) is 0 Å². The van der Waals surface area contributed by atoms with Gasteiger partial charge in [0, 0.05) is 0 Å². The number of anilines is 1. The van der Waals surface area contributed by atoms with E-state index in [-0.39, 0.29) is 0 Å². The minimum Gasteiger partial charge on any atom is -0.397 e. The van der Waals surface area contributed by atoms with Gasteiger partial charge in [0.15, 0.2) is 5.82 Å². The van der Waals surface area contributed by atoms with E-state index in [4.69, 9.17) is 33.5 Å². The van der Waals surface area contributed by atoms with E-state index in [1.807, 2.05) is 11.8 Å². The van der Waals surface area contributed by atoms with Gasteiger partial charge in [-0.05, 0) is 30.7 Å². The lowest BCUT2D eigenvalue weighted by Crippen LogP contribution is -2.03. The van der Waals surface area contributed by atoms with E-state index in [2.05, 4.69) is 10.1 Å². The monoisotopic (exact) mass is 329 g/mol. The van der Waals surface area contributed by atoms with E-state index >= 15 is 0 Å². The molecule has 0 aliphatic carbocycles. The summed E-state index contributed by atoms with van der Waals surface area (Å²) in [5.41, 5.74) is 6.83. The maximum absolute atomic E-state index is 6.16. The van der Waals surface area contributed by atoms with Crippen LogP contribution in [-0.2, 0) is 0 Å². The molecule has 4 nitrogen and oxygen atoms in total. The summed E-state index contributed by atoms with van der Waals surface area (Å²) in [6.45, 7) is 0. The van der Waals surface area contributed by atoms with Crippen LogP contribution < -0.4 is 5.73 Å². The normalized spacial score (nSPS) is 19.2. The van der Waals surface area contributed by atoms with Crippen molar-refractivity contribution in [2.45, 2.75) is 24.5 Å². The van der Waals surface area contributed by atoms with Gasteiger partial charge in [-0.25, -0.2) is 0 Å². The highest BCUT2D eigenvalue weighted by Crippen LogP contribution is 2.40. The van der Waals surface area contributed by atoms with Gasteiger partial charge in [0.05, 0.1) is 26.5 Å². The summed E-state index contributed by atoms with van der Waals surface area (Å²) in [6.07, 6.45) is 3.52. The van der Waals surface area contributed by atoms with E-state index in [9.17, 15) is 0 Å². The second-order valence-corrected chi connectivity index (χ2v) is 6.76. The number of thioether (sulfide) groups is 1. The summed E-state index contributed by atoms with van der Waals surface area (Å²) in [4.78, 5) is 4.45. The van der Waals surface area contributed by atoms with Gasteiger partial charge in [-0.1, -0.05) is 34.8 Å². The Morgan fingerprint density at radius 2 is 2.05 bits per heavy atom. The average molecular weight is 330 g/mol. The number of hydrogen-bond acceptors (Lipinski definition) is 5. The summed E-state index contributed by atoms with van der Waals surface area (Å²) in [5, 5.41) is 5.24. The van der Waals surface area contributed by atoms with Gasteiger partial charge in [-0.15, -0.1) is 0 Å². The minimum atomic E-state index is 0.292. The van der Waals surface area contributed by atoms with Gasteiger partial charge >= 0.3 is 0 Å². The zero-order chi connectivity index (χ0) is 14.1. The predicted molar refractivity (Wildman–Crippen MR) is 83.2 cm³/mol. The fourth-order valence-corrected chi connectivity index (χ4v) is 3.83. The zero-order valence-corrected chi connectivity index (χ0v) is 12.9. The standard InChI is InChI=1S/C13H13Cl2N3OS/c14-7-4-5-8(15)11(16)10(7)13-17-12(18-19-13)9-3-1-2-6-20-9/h4-5,9H,1-3,6,16H2. The van der Waals surface area contributed by atoms with Crippen LogP contribution in [0.3, 0.4) is 0 Å². The van der Waals surface area contributed by atoms with Gasteiger partial charge in [-0.3, -0.25) is 0 Å². The Kier molecular flexibility index (Phi) is 4.10. The number of rotatable bonds is 2. The highest BCUT2D eigenvalue weighted by molar-refractivity contribution is 7.99. The summed E-state index contributed by atoms with van der Waals surface area (Å²) in [5.74, 6) is 2.17. The first-order chi connectivity index (χ1) is 9.66. The molecule has 0 spiro atoms. The van der Waals surface area contributed by atoms with E-state index in [1.165, 1.54) is 12.8 Å². The van der Waals surface area contributed by atoms with Crippen LogP contribution in [0.4, 0.5) is 5.69 Å². The number of nitrogens with two attached hydrogens (primary N) is 1. The molecule has 7 heteroatoms. The molecule has 2 heterocycles. The Bertz CT molecular complexity index is 626. The average Bonchev–Trinajstić information content (AvgIpc) is 2.94. The largest absolute Gasteiger partial charge is 0.397 e. The number of halogens is 2. The maximum atomic E-state index is 6.16. The Morgan fingerprint density at radius 3 is 2.80 bits per heavy atom. The molecule has 0 saturated carbocycles. The third-order valence-corrected chi connectivity index (χ3v) is 5.28. The molecule has 106 valence electrons. The first kappa shape index (κ1) is 14.0. The van der Waals surface area contributed by atoms with Crippen LogP contribution in [0.25, 0.3) is 11.5 Å².